The third-order valence-electron chi connectivity index (χ3n) is 3.65. The first kappa shape index (κ1) is 22.2. The van der Waals surface area contributed by atoms with Gasteiger partial charge in [0.1, 0.15) is 0 Å². The van der Waals surface area contributed by atoms with E-state index in [4.69, 9.17) is 4.74 Å². The number of rotatable bonds is 9. The van der Waals surface area contributed by atoms with Gasteiger partial charge in [0.05, 0.1) is 5.69 Å². The molecule has 0 aliphatic heterocycles. The van der Waals surface area contributed by atoms with E-state index >= 15 is 0 Å². The standard InChI is InChI=1S/C16H31N5O.HI/c1-6-14-13(15(7-2)21(5)20-14)12-19-16(17-4)18-10-9-11-22-8-3;/h6-12H2,1-5H3,(H2,17,18,19);1H. The highest BCUT2D eigenvalue weighted by atomic mass is 127. The second-order valence-electron chi connectivity index (χ2n) is 5.11. The summed E-state index contributed by atoms with van der Waals surface area (Å²) < 4.78 is 7.32. The average molecular weight is 437 g/mol. The lowest BCUT2D eigenvalue weighted by molar-refractivity contribution is 0.145. The van der Waals surface area contributed by atoms with Crippen molar-refractivity contribution in [3.8, 4) is 0 Å². The molecule has 1 aromatic rings. The van der Waals surface area contributed by atoms with E-state index in [0.717, 1.165) is 51.5 Å². The van der Waals surface area contributed by atoms with Crippen LogP contribution in [-0.2, 0) is 31.2 Å². The van der Waals surface area contributed by atoms with Gasteiger partial charge in [-0.25, -0.2) is 0 Å². The SMILES string of the molecule is CCOCCCNC(=NC)NCc1c(CC)nn(C)c1CC.I. The molecular formula is C16H32IN5O. The number of guanidine groups is 1. The number of hydrogen-bond donors (Lipinski definition) is 2. The molecule has 6 nitrogen and oxygen atoms in total. The fraction of sp³-hybridized carbons (Fsp3) is 0.750. The third kappa shape index (κ3) is 7.07. The van der Waals surface area contributed by atoms with Crippen LogP contribution in [-0.4, -0.2) is 42.5 Å². The molecule has 7 heteroatoms. The number of nitrogens with zero attached hydrogens (tertiary/aromatic N) is 3. The van der Waals surface area contributed by atoms with Crippen molar-refractivity contribution in [1.82, 2.24) is 20.4 Å². The molecule has 0 aromatic carbocycles. The molecular weight excluding hydrogens is 405 g/mol. The van der Waals surface area contributed by atoms with Crippen LogP contribution in [0.4, 0.5) is 0 Å². The first-order chi connectivity index (χ1) is 10.7. The monoisotopic (exact) mass is 437 g/mol. The normalized spacial score (nSPS) is 11.3. The summed E-state index contributed by atoms with van der Waals surface area (Å²) in [5, 5.41) is 11.3. The molecule has 0 saturated carbocycles. The van der Waals surface area contributed by atoms with Crippen molar-refractivity contribution in [3.63, 3.8) is 0 Å². The van der Waals surface area contributed by atoms with Gasteiger partial charge in [0.2, 0.25) is 0 Å². The zero-order valence-electron chi connectivity index (χ0n) is 15.1. The minimum Gasteiger partial charge on any atom is -0.382 e. The number of halogens is 1. The third-order valence-corrected chi connectivity index (χ3v) is 3.65. The number of hydrogen-bond acceptors (Lipinski definition) is 3. The molecule has 1 aromatic heterocycles. The van der Waals surface area contributed by atoms with E-state index in [1.165, 1.54) is 17.0 Å². The number of ether oxygens (including phenoxy) is 1. The first-order valence-corrected chi connectivity index (χ1v) is 8.23. The minimum absolute atomic E-state index is 0. The molecule has 1 heterocycles. The van der Waals surface area contributed by atoms with E-state index in [9.17, 15) is 0 Å². The molecule has 0 spiro atoms. The maximum absolute atomic E-state index is 5.33. The smallest absolute Gasteiger partial charge is 0.191 e. The lowest BCUT2D eigenvalue weighted by atomic mass is 10.1. The molecule has 2 N–H and O–H groups in total. The van der Waals surface area contributed by atoms with Gasteiger partial charge in [0.15, 0.2) is 5.96 Å². The summed E-state index contributed by atoms with van der Waals surface area (Å²) in [5.74, 6) is 0.824. The van der Waals surface area contributed by atoms with Crippen molar-refractivity contribution in [2.75, 3.05) is 26.8 Å². The van der Waals surface area contributed by atoms with E-state index in [-0.39, 0.29) is 24.0 Å². The molecule has 0 amide bonds. The minimum atomic E-state index is 0. The van der Waals surface area contributed by atoms with Crippen LogP contribution in [0.2, 0.25) is 0 Å². The number of aryl methyl sites for hydroxylation is 2. The molecule has 0 unspecified atom stereocenters. The fourth-order valence-electron chi connectivity index (χ4n) is 2.51. The van der Waals surface area contributed by atoms with Crippen LogP contribution in [0, 0.1) is 0 Å². The van der Waals surface area contributed by atoms with E-state index in [2.05, 4.69) is 34.6 Å². The van der Waals surface area contributed by atoms with Crippen LogP contribution in [0.3, 0.4) is 0 Å². The van der Waals surface area contributed by atoms with Crippen LogP contribution in [0.15, 0.2) is 4.99 Å². The average Bonchev–Trinajstić information content (AvgIpc) is 2.85. The highest BCUT2D eigenvalue weighted by Gasteiger charge is 2.13. The predicted molar refractivity (Wildman–Crippen MR) is 107 cm³/mol. The van der Waals surface area contributed by atoms with Gasteiger partial charge in [-0.2, -0.15) is 5.10 Å². The lowest BCUT2D eigenvalue weighted by Gasteiger charge is -2.13. The first-order valence-electron chi connectivity index (χ1n) is 8.23. The van der Waals surface area contributed by atoms with Crippen LogP contribution >= 0.6 is 24.0 Å². The summed E-state index contributed by atoms with van der Waals surface area (Å²) in [5.41, 5.74) is 3.75. The Morgan fingerprint density at radius 2 is 1.96 bits per heavy atom. The summed E-state index contributed by atoms with van der Waals surface area (Å²) >= 11 is 0. The highest BCUT2D eigenvalue weighted by Crippen LogP contribution is 2.15. The number of aliphatic imine (C=N–C) groups is 1. The van der Waals surface area contributed by atoms with Crippen molar-refractivity contribution in [2.24, 2.45) is 12.0 Å². The Hall–Kier alpha value is -0.830. The second kappa shape index (κ2) is 12.6. The van der Waals surface area contributed by atoms with E-state index < -0.39 is 0 Å². The Kier molecular flexibility index (Phi) is 12.1. The Morgan fingerprint density at radius 1 is 1.22 bits per heavy atom. The molecule has 0 radical (unpaired) electrons. The zero-order chi connectivity index (χ0) is 16.4. The van der Waals surface area contributed by atoms with Crippen LogP contribution in [0.25, 0.3) is 0 Å². The lowest BCUT2D eigenvalue weighted by Crippen LogP contribution is -2.37. The Labute approximate surface area is 157 Å². The quantitative estimate of drug-likeness (QED) is 0.269. The molecule has 0 saturated heterocycles. The Balaban J connectivity index is 0.00000484. The molecule has 0 aliphatic carbocycles. The Bertz CT molecular complexity index is 473. The van der Waals surface area contributed by atoms with Crippen LogP contribution < -0.4 is 10.6 Å². The van der Waals surface area contributed by atoms with Crippen molar-refractivity contribution in [2.45, 2.75) is 46.6 Å². The van der Waals surface area contributed by atoms with Crippen LogP contribution in [0.5, 0.6) is 0 Å². The van der Waals surface area contributed by atoms with Gasteiger partial charge < -0.3 is 15.4 Å². The van der Waals surface area contributed by atoms with E-state index in [0.29, 0.717) is 0 Å². The van der Waals surface area contributed by atoms with E-state index in [1.807, 2.05) is 18.7 Å². The summed E-state index contributed by atoms with van der Waals surface area (Å²) in [4.78, 5) is 4.27. The predicted octanol–water partition coefficient (Wildman–Crippen LogP) is 2.25. The molecule has 0 atom stereocenters. The molecule has 0 aliphatic rings. The van der Waals surface area contributed by atoms with Gasteiger partial charge in [-0.3, -0.25) is 9.67 Å². The van der Waals surface area contributed by atoms with Crippen molar-refractivity contribution in [1.29, 1.82) is 0 Å². The molecule has 1 rings (SSSR count). The van der Waals surface area contributed by atoms with Gasteiger partial charge in [0, 0.05) is 51.7 Å². The summed E-state index contributed by atoms with van der Waals surface area (Å²) in [6.45, 7) is 9.49. The second-order valence-corrected chi connectivity index (χ2v) is 5.11. The maximum atomic E-state index is 5.33. The Morgan fingerprint density at radius 3 is 2.52 bits per heavy atom. The molecule has 0 fully saturated rings. The maximum Gasteiger partial charge on any atom is 0.191 e. The summed E-state index contributed by atoms with van der Waals surface area (Å²) in [6.07, 6.45) is 2.91. The van der Waals surface area contributed by atoms with Gasteiger partial charge >= 0.3 is 0 Å². The zero-order valence-corrected chi connectivity index (χ0v) is 17.4. The van der Waals surface area contributed by atoms with E-state index in [1.54, 1.807) is 7.05 Å². The molecule has 134 valence electrons. The van der Waals surface area contributed by atoms with Crippen LogP contribution in [0.1, 0.15) is 44.1 Å². The number of aromatic nitrogens is 2. The topological polar surface area (TPSA) is 63.5 Å². The van der Waals surface area contributed by atoms with Gasteiger partial charge in [-0.15, -0.1) is 24.0 Å². The van der Waals surface area contributed by atoms with Crippen molar-refractivity contribution in [3.05, 3.63) is 17.0 Å². The molecule has 23 heavy (non-hydrogen) atoms. The van der Waals surface area contributed by atoms with Gasteiger partial charge in [0.25, 0.3) is 0 Å². The fourth-order valence-corrected chi connectivity index (χ4v) is 2.51. The highest BCUT2D eigenvalue weighted by molar-refractivity contribution is 14.0. The summed E-state index contributed by atoms with van der Waals surface area (Å²) in [6, 6.07) is 0. The van der Waals surface area contributed by atoms with Gasteiger partial charge in [-0.05, 0) is 26.2 Å². The van der Waals surface area contributed by atoms with Gasteiger partial charge in [-0.1, -0.05) is 13.8 Å². The summed E-state index contributed by atoms with van der Waals surface area (Å²) in [7, 11) is 3.81. The molecule has 0 bridgehead atoms. The number of nitrogens with one attached hydrogen (secondary N) is 2. The van der Waals surface area contributed by atoms with Crippen molar-refractivity contribution < 1.29 is 4.74 Å². The largest absolute Gasteiger partial charge is 0.382 e. The van der Waals surface area contributed by atoms with Crippen molar-refractivity contribution >= 4 is 29.9 Å².